The van der Waals surface area contributed by atoms with Gasteiger partial charge in [0.05, 0.1) is 29.4 Å². The lowest BCUT2D eigenvalue weighted by atomic mass is 10.0. The fraction of sp³-hybridized carbons (Fsp3) is 0.0769. The molecule has 8 heteroatoms. The maximum Gasteiger partial charge on any atom is 0.337 e. The van der Waals surface area contributed by atoms with Crippen LogP contribution < -0.4 is 0 Å². The number of hydrogen-bond donors (Lipinski definition) is 3. The molecule has 0 fully saturated rings. The van der Waals surface area contributed by atoms with E-state index >= 15 is 0 Å². The first-order valence-corrected chi connectivity index (χ1v) is 5.52. The topological polar surface area (TPSA) is 138 Å². The predicted octanol–water partition coefficient (Wildman–Crippen LogP) is 1.23. The highest BCUT2D eigenvalue weighted by atomic mass is 16.5. The Kier molecular flexibility index (Phi) is 5.18. The molecule has 0 saturated carbocycles. The summed E-state index contributed by atoms with van der Waals surface area (Å²) in [7, 11) is 0. The lowest BCUT2D eigenvalue weighted by Crippen LogP contribution is -2.14. The van der Waals surface area contributed by atoms with Crippen molar-refractivity contribution < 1.29 is 39.2 Å². The quantitative estimate of drug-likeness (QED) is 0.707. The van der Waals surface area contributed by atoms with Crippen LogP contribution in [0.25, 0.3) is 0 Å². The number of esters is 1. The Morgan fingerprint density at radius 3 is 1.71 bits per heavy atom. The Balaban J connectivity index is 0.000000304. The second kappa shape index (κ2) is 6.85. The molecular weight excluding hydrogens is 284 g/mol. The summed E-state index contributed by atoms with van der Waals surface area (Å²) in [5.74, 6) is -4.69. The maximum atomic E-state index is 10.7. The van der Waals surface area contributed by atoms with Gasteiger partial charge in [0.15, 0.2) is 0 Å². The van der Waals surface area contributed by atoms with Crippen molar-refractivity contribution in [3.8, 4) is 0 Å². The minimum absolute atomic E-state index is 0.157. The second-order valence-electron chi connectivity index (χ2n) is 3.71. The van der Waals surface area contributed by atoms with Crippen molar-refractivity contribution in [3.05, 3.63) is 47.2 Å². The van der Waals surface area contributed by atoms with Crippen molar-refractivity contribution in [2.24, 2.45) is 0 Å². The molecule has 0 bridgehead atoms. The molecule has 1 heterocycles. The lowest BCUT2D eigenvalue weighted by Gasteiger charge is -2.04. The van der Waals surface area contributed by atoms with Crippen LogP contribution in [0, 0.1) is 0 Å². The minimum atomic E-state index is -1.58. The molecule has 0 radical (unpaired) electrons. The van der Waals surface area contributed by atoms with Gasteiger partial charge in [0.2, 0.25) is 0 Å². The van der Waals surface area contributed by atoms with Crippen LogP contribution in [0.2, 0.25) is 0 Å². The molecule has 0 amide bonds. The maximum absolute atomic E-state index is 10.7. The van der Waals surface area contributed by atoms with Crippen LogP contribution in [0.3, 0.4) is 0 Å². The molecule has 21 heavy (non-hydrogen) atoms. The van der Waals surface area contributed by atoms with Gasteiger partial charge in [0.25, 0.3) is 0 Å². The Bertz CT molecular complexity index is 587. The van der Waals surface area contributed by atoms with Gasteiger partial charge in [-0.2, -0.15) is 0 Å². The highest BCUT2D eigenvalue weighted by molar-refractivity contribution is 6.09. The summed E-state index contributed by atoms with van der Waals surface area (Å²) in [5.41, 5.74) is -1.79. The Hall–Kier alpha value is -3.16. The molecule has 1 aliphatic rings. The highest BCUT2D eigenvalue weighted by Crippen LogP contribution is 2.15. The van der Waals surface area contributed by atoms with Gasteiger partial charge in [0, 0.05) is 0 Å². The summed E-state index contributed by atoms with van der Waals surface area (Å²) in [5, 5.41) is 26.0. The van der Waals surface area contributed by atoms with Crippen molar-refractivity contribution in [2.45, 2.75) is 6.42 Å². The molecule has 110 valence electrons. The number of carboxylic acid groups (broad SMARTS) is 3. The number of benzene rings is 1. The van der Waals surface area contributed by atoms with Crippen molar-refractivity contribution in [1.82, 2.24) is 0 Å². The van der Waals surface area contributed by atoms with E-state index in [0.717, 1.165) is 12.1 Å². The summed E-state index contributed by atoms with van der Waals surface area (Å²) in [6, 6.07) is 3.26. The van der Waals surface area contributed by atoms with Gasteiger partial charge in [-0.25, -0.2) is 14.4 Å². The molecule has 0 atom stereocenters. The molecule has 1 aromatic carbocycles. The van der Waals surface area contributed by atoms with Crippen LogP contribution in [-0.4, -0.2) is 39.2 Å². The van der Waals surface area contributed by atoms with E-state index in [-0.39, 0.29) is 5.97 Å². The van der Waals surface area contributed by atoms with E-state index in [0.29, 0.717) is 6.42 Å². The molecule has 1 aliphatic heterocycles. The third-order valence-electron chi connectivity index (χ3n) is 2.32. The Labute approximate surface area is 117 Å². The number of carbonyl (C=O) groups is 4. The fourth-order valence-electron chi connectivity index (χ4n) is 1.46. The first-order valence-electron chi connectivity index (χ1n) is 5.52. The van der Waals surface area contributed by atoms with Crippen LogP contribution in [0.1, 0.15) is 37.5 Å². The number of ether oxygens (including phenoxy) is 1. The molecule has 0 unspecified atom stereocenters. The van der Waals surface area contributed by atoms with Crippen LogP contribution in [-0.2, 0) is 9.53 Å². The first kappa shape index (κ1) is 15.9. The summed E-state index contributed by atoms with van der Waals surface area (Å²) in [6.07, 6.45) is 3.53. The van der Waals surface area contributed by atoms with Gasteiger partial charge in [-0.3, -0.25) is 4.79 Å². The summed E-state index contributed by atoms with van der Waals surface area (Å²) < 4.78 is 4.33. The molecule has 2 rings (SSSR count). The van der Waals surface area contributed by atoms with Crippen LogP contribution in [0.5, 0.6) is 0 Å². The zero-order valence-electron chi connectivity index (χ0n) is 10.5. The van der Waals surface area contributed by atoms with E-state index in [1.807, 2.05) is 0 Å². The highest BCUT2D eigenvalue weighted by Gasteiger charge is 2.22. The third kappa shape index (κ3) is 4.16. The molecule has 1 aromatic rings. The van der Waals surface area contributed by atoms with E-state index in [4.69, 9.17) is 15.3 Å². The number of hydrogen-bond acceptors (Lipinski definition) is 5. The molecule has 0 spiro atoms. The Morgan fingerprint density at radius 2 is 1.48 bits per heavy atom. The molecule has 3 N–H and O–H groups in total. The fourth-order valence-corrected chi connectivity index (χ4v) is 1.46. The molecular formula is C13H10O8. The van der Waals surface area contributed by atoms with Gasteiger partial charge < -0.3 is 20.1 Å². The van der Waals surface area contributed by atoms with Crippen molar-refractivity contribution >= 4 is 23.9 Å². The van der Waals surface area contributed by atoms with Crippen molar-refractivity contribution in [1.29, 1.82) is 0 Å². The van der Waals surface area contributed by atoms with Gasteiger partial charge in [-0.1, -0.05) is 6.07 Å². The lowest BCUT2D eigenvalue weighted by molar-refractivity contribution is -0.135. The molecule has 0 aliphatic carbocycles. The van der Waals surface area contributed by atoms with Gasteiger partial charge in [0.1, 0.15) is 0 Å². The zero-order valence-corrected chi connectivity index (χ0v) is 10.5. The van der Waals surface area contributed by atoms with Crippen molar-refractivity contribution in [3.63, 3.8) is 0 Å². The average Bonchev–Trinajstić information content (AvgIpc) is 2.89. The molecule has 0 aromatic heterocycles. The van der Waals surface area contributed by atoms with E-state index < -0.39 is 34.6 Å². The monoisotopic (exact) mass is 294 g/mol. The van der Waals surface area contributed by atoms with Crippen molar-refractivity contribution in [2.75, 3.05) is 0 Å². The SMILES string of the molecule is O=C(O)c1cccc(C(=O)O)c1C(=O)O.O=C1CC=CO1. The van der Waals surface area contributed by atoms with Gasteiger partial charge in [-0.05, 0) is 18.2 Å². The van der Waals surface area contributed by atoms with E-state index in [2.05, 4.69) is 4.74 Å². The largest absolute Gasteiger partial charge is 0.478 e. The predicted molar refractivity (Wildman–Crippen MR) is 67.2 cm³/mol. The van der Waals surface area contributed by atoms with Crippen LogP contribution >= 0.6 is 0 Å². The molecule has 0 saturated heterocycles. The summed E-state index contributed by atoms with van der Waals surface area (Å²) >= 11 is 0. The Morgan fingerprint density at radius 1 is 0.952 bits per heavy atom. The number of cyclic esters (lactones) is 1. The third-order valence-corrected chi connectivity index (χ3v) is 2.32. The minimum Gasteiger partial charge on any atom is -0.478 e. The first-order chi connectivity index (χ1) is 9.84. The zero-order chi connectivity index (χ0) is 16.0. The average molecular weight is 294 g/mol. The number of aromatic carboxylic acids is 3. The van der Waals surface area contributed by atoms with E-state index in [1.54, 1.807) is 6.08 Å². The van der Waals surface area contributed by atoms with E-state index in [9.17, 15) is 19.2 Å². The van der Waals surface area contributed by atoms with E-state index in [1.165, 1.54) is 12.3 Å². The van der Waals surface area contributed by atoms with Gasteiger partial charge >= 0.3 is 23.9 Å². The second-order valence-corrected chi connectivity index (χ2v) is 3.71. The number of rotatable bonds is 3. The standard InChI is InChI=1S/C9H6O6.C4H4O2/c10-7(11)4-2-1-3-5(8(12)13)6(4)9(14)15;5-4-2-1-3-6-4/h1-3H,(H,10,11)(H,12,13)(H,14,15);1,3H,2H2. The molecule has 8 nitrogen and oxygen atoms in total. The summed E-state index contributed by atoms with van der Waals surface area (Å²) in [6.45, 7) is 0. The number of carboxylic acids is 3. The smallest absolute Gasteiger partial charge is 0.337 e. The number of carbonyl (C=O) groups excluding carboxylic acids is 1. The van der Waals surface area contributed by atoms with Crippen LogP contribution in [0.15, 0.2) is 30.5 Å². The van der Waals surface area contributed by atoms with Gasteiger partial charge in [-0.15, -0.1) is 0 Å². The summed E-state index contributed by atoms with van der Waals surface area (Å²) in [4.78, 5) is 42.0. The van der Waals surface area contributed by atoms with Crippen LogP contribution in [0.4, 0.5) is 0 Å². The normalized spacial score (nSPS) is 12.1.